The van der Waals surface area contributed by atoms with Crippen molar-refractivity contribution in [1.29, 1.82) is 0 Å². The number of halogens is 1. The molecule has 0 aliphatic rings. The van der Waals surface area contributed by atoms with Gasteiger partial charge in [-0.1, -0.05) is 17.7 Å². The Labute approximate surface area is 77.3 Å². The first-order valence-corrected chi connectivity index (χ1v) is 4.14. The maximum absolute atomic E-state index is 9.20. The molecular weight excluding hydrogens is 172 g/mol. The van der Waals surface area contributed by atoms with Crippen LogP contribution in [0.4, 0.5) is 0 Å². The number of aromatic hydroxyl groups is 1. The molecule has 0 saturated carbocycles. The number of phenols is 1. The third-order valence-electron chi connectivity index (χ3n) is 1.81. The Morgan fingerprint density at radius 2 is 2.17 bits per heavy atom. The summed E-state index contributed by atoms with van der Waals surface area (Å²) in [4.78, 5) is 0. The van der Waals surface area contributed by atoms with E-state index in [0.717, 1.165) is 11.1 Å². The van der Waals surface area contributed by atoms with Gasteiger partial charge in [-0.2, -0.15) is 0 Å². The number of allylic oxidation sites excluding steroid dienone is 2. The van der Waals surface area contributed by atoms with Crippen molar-refractivity contribution in [3.8, 4) is 5.75 Å². The molecule has 0 fully saturated rings. The van der Waals surface area contributed by atoms with Crippen molar-refractivity contribution in [1.82, 2.24) is 0 Å². The van der Waals surface area contributed by atoms with E-state index in [4.69, 9.17) is 11.6 Å². The van der Waals surface area contributed by atoms with Crippen LogP contribution in [0.2, 0.25) is 5.02 Å². The van der Waals surface area contributed by atoms with E-state index in [-0.39, 0.29) is 5.75 Å². The standard InChI is InChI=1S/C10H11ClO/c1-3-7(2)9-6-8(12)4-5-10(9)11/h3-6,12H,1-2H3. The van der Waals surface area contributed by atoms with E-state index in [9.17, 15) is 5.11 Å². The zero-order valence-corrected chi connectivity index (χ0v) is 7.89. The van der Waals surface area contributed by atoms with Gasteiger partial charge in [-0.3, -0.25) is 0 Å². The molecule has 0 aliphatic heterocycles. The van der Waals surface area contributed by atoms with Gasteiger partial charge in [0.25, 0.3) is 0 Å². The highest BCUT2D eigenvalue weighted by Crippen LogP contribution is 2.26. The molecule has 1 rings (SSSR count). The molecule has 0 radical (unpaired) electrons. The molecule has 1 N–H and O–H groups in total. The van der Waals surface area contributed by atoms with E-state index in [0.29, 0.717) is 5.02 Å². The van der Waals surface area contributed by atoms with Crippen LogP contribution in [0.1, 0.15) is 19.4 Å². The minimum absolute atomic E-state index is 0.246. The number of hydrogen-bond donors (Lipinski definition) is 1. The number of hydrogen-bond acceptors (Lipinski definition) is 1. The molecule has 64 valence electrons. The molecular formula is C10H11ClO. The van der Waals surface area contributed by atoms with E-state index >= 15 is 0 Å². The van der Waals surface area contributed by atoms with Crippen molar-refractivity contribution in [3.05, 3.63) is 34.9 Å². The lowest BCUT2D eigenvalue weighted by Crippen LogP contribution is -1.80. The fourth-order valence-corrected chi connectivity index (χ4v) is 1.24. The smallest absolute Gasteiger partial charge is 0.116 e. The molecule has 1 aromatic rings. The van der Waals surface area contributed by atoms with E-state index in [1.165, 1.54) is 0 Å². The zero-order valence-electron chi connectivity index (χ0n) is 7.13. The quantitative estimate of drug-likeness (QED) is 0.705. The summed E-state index contributed by atoms with van der Waals surface area (Å²) in [6.07, 6.45) is 1.96. The fourth-order valence-electron chi connectivity index (χ4n) is 0.971. The molecule has 0 amide bonds. The van der Waals surface area contributed by atoms with Crippen LogP contribution in [-0.2, 0) is 0 Å². The van der Waals surface area contributed by atoms with Gasteiger partial charge < -0.3 is 5.11 Å². The van der Waals surface area contributed by atoms with Crippen LogP contribution in [-0.4, -0.2) is 5.11 Å². The Bertz CT molecular complexity index is 316. The molecule has 0 bridgehead atoms. The minimum Gasteiger partial charge on any atom is -0.508 e. The minimum atomic E-state index is 0.246. The van der Waals surface area contributed by atoms with E-state index in [1.807, 2.05) is 19.9 Å². The summed E-state index contributed by atoms with van der Waals surface area (Å²) in [5, 5.41) is 9.87. The van der Waals surface area contributed by atoms with Crippen LogP contribution < -0.4 is 0 Å². The van der Waals surface area contributed by atoms with Crippen LogP contribution in [0, 0.1) is 0 Å². The second-order valence-electron chi connectivity index (χ2n) is 2.64. The maximum atomic E-state index is 9.20. The van der Waals surface area contributed by atoms with Crippen molar-refractivity contribution in [2.75, 3.05) is 0 Å². The zero-order chi connectivity index (χ0) is 9.14. The lowest BCUT2D eigenvalue weighted by molar-refractivity contribution is 0.475. The molecule has 0 aliphatic carbocycles. The van der Waals surface area contributed by atoms with Crippen LogP contribution in [0.15, 0.2) is 24.3 Å². The van der Waals surface area contributed by atoms with Crippen LogP contribution in [0.25, 0.3) is 5.57 Å². The predicted molar refractivity (Wildman–Crippen MR) is 52.4 cm³/mol. The number of benzene rings is 1. The first-order valence-electron chi connectivity index (χ1n) is 3.77. The largest absolute Gasteiger partial charge is 0.508 e. The molecule has 0 aromatic heterocycles. The fraction of sp³-hybridized carbons (Fsp3) is 0.200. The van der Waals surface area contributed by atoms with Crippen molar-refractivity contribution in [3.63, 3.8) is 0 Å². The SMILES string of the molecule is CC=C(C)c1cc(O)ccc1Cl. The second kappa shape index (κ2) is 3.63. The van der Waals surface area contributed by atoms with Gasteiger partial charge in [0.15, 0.2) is 0 Å². The maximum Gasteiger partial charge on any atom is 0.116 e. The van der Waals surface area contributed by atoms with Gasteiger partial charge in [0.2, 0.25) is 0 Å². The van der Waals surface area contributed by atoms with Crippen molar-refractivity contribution < 1.29 is 5.11 Å². The Morgan fingerprint density at radius 3 is 2.75 bits per heavy atom. The topological polar surface area (TPSA) is 20.2 Å². The van der Waals surface area contributed by atoms with Gasteiger partial charge >= 0.3 is 0 Å². The molecule has 1 nitrogen and oxygen atoms in total. The van der Waals surface area contributed by atoms with Gasteiger partial charge in [0.1, 0.15) is 5.75 Å². The normalized spacial score (nSPS) is 11.8. The molecule has 0 unspecified atom stereocenters. The lowest BCUT2D eigenvalue weighted by atomic mass is 10.1. The third-order valence-corrected chi connectivity index (χ3v) is 2.14. The van der Waals surface area contributed by atoms with E-state index in [2.05, 4.69) is 0 Å². The van der Waals surface area contributed by atoms with Crippen molar-refractivity contribution in [2.24, 2.45) is 0 Å². The molecule has 12 heavy (non-hydrogen) atoms. The summed E-state index contributed by atoms with van der Waals surface area (Å²) in [5.74, 6) is 0.246. The first kappa shape index (κ1) is 9.14. The van der Waals surface area contributed by atoms with E-state index in [1.54, 1.807) is 18.2 Å². The van der Waals surface area contributed by atoms with Gasteiger partial charge in [0, 0.05) is 5.02 Å². The van der Waals surface area contributed by atoms with Gasteiger partial charge in [-0.05, 0) is 43.2 Å². The highest BCUT2D eigenvalue weighted by molar-refractivity contribution is 6.32. The summed E-state index contributed by atoms with van der Waals surface area (Å²) >= 11 is 5.92. The van der Waals surface area contributed by atoms with Crippen molar-refractivity contribution >= 4 is 17.2 Å². The average molecular weight is 183 g/mol. The Balaban J connectivity index is 3.23. The molecule has 0 spiro atoms. The summed E-state index contributed by atoms with van der Waals surface area (Å²) < 4.78 is 0. The van der Waals surface area contributed by atoms with Crippen molar-refractivity contribution in [2.45, 2.75) is 13.8 Å². The average Bonchev–Trinajstić information content (AvgIpc) is 2.08. The lowest BCUT2D eigenvalue weighted by Gasteiger charge is -2.03. The Kier molecular flexibility index (Phi) is 2.77. The predicted octanol–water partition coefficient (Wildman–Crippen LogP) is 3.47. The first-order chi connectivity index (χ1) is 5.65. The molecule has 0 heterocycles. The second-order valence-corrected chi connectivity index (χ2v) is 3.04. The Morgan fingerprint density at radius 1 is 1.50 bits per heavy atom. The summed E-state index contributed by atoms with van der Waals surface area (Å²) in [5.41, 5.74) is 1.95. The number of phenolic OH excluding ortho intramolecular Hbond substituents is 1. The molecule has 0 saturated heterocycles. The van der Waals surface area contributed by atoms with Gasteiger partial charge in [0.05, 0.1) is 0 Å². The monoisotopic (exact) mass is 182 g/mol. The van der Waals surface area contributed by atoms with Gasteiger partial charge in [-0.25, -0.2) is 0 Å². The molecule has 2 heteroatoms. The summed E-state index contributed by atoms with van der Waals surface area (Å²) in [6.45, 7) is 3.90. The Hall–Kier alpha value is -0.950. The molecule has 1 aromatic carbocycles. The summed E-state index contributed by atoms with van der Waals surface area (Å²) in [7, 11) is 0. The van der Waals surface area contributed by atoms with E-state index < -0.39 is 0 Å². The highest BCUT2D eigenvalue weighted by atomic mass is 35.5. The summed E-state index contributed by atoms with van der Waals surface area (Å²) in [6, 6.07) is 4.94. The third kappa shape index (κ3) is 1.80. The number of rotatable bonds is 1. The van der Waals surface area contributed by atoms with Crippen LogP contribution >= 0.6 is 11.6 Å². The molecule has 0 atom stereocenters. The highest BCUT2D eigenvalue weighted by Gasteiger charge is 2.01. The van der Waals surface area contributed by atoms with Crippen LogP contribution in [0.5, 0.6) is 5.75 Å². The van der Waals surface area contributed by atoms with Gasteiger partial charge in [-0.15, -0.1) is 0 Å². The van der Waals surface area contributed by atoms with Crippen LogP contribution in [0.3, 0.4) is 0 Å².